The van der Waals surface area contributed by atoms with Gasteiger partial charge in [0.05, 0.1) is 30.5 Å². The van der Waals surface area contributed by atoms with E-state index in [0.29, 0.717) is 57.4 Å². The monoisotopic (exact) mass is 845 g/mol. The molecule has 0 aliphatic heterocycles. The van der Waals surface area contributed by atoms with Crippen LogP contribution in [0.3, 0.4) is 0 Å². The summed E-state index contributed by atoms with van der Waals surface area (Å²) < 4.78 is 17.1. The van der Waals surface area contributed by atoms with Gasteiger partial charge < -0.3 is 35.3 Å². The average Bonchev–Trinajstić information content (AvgIpc) is 3.29. The molecule has 4 aromatic carbocycles. The standard InChI is InChI=1S/C51H63N3O8/c1-3-5-9-25-44(32-39-19-10-6-11-20-39)50(58)61-38-45(26-16-17-31-52-51(59)62-37-42-23-14-8-15-24-42)54-49(57)43(18-4-2)34-48(56)53-46(35-55)33-40-27-29-47(30-28-40)60-36-41-21-12-7-13-22-41/h3-4,6-8,10-15,19-24,27-30,43-46,55H,1-2,5,9,16-18,25-26,31-38H2,(H,52,59)(H,53,56)(H,54,57)/t43-,44-,45+,46+/m1/s1. The van der Waals surface area contributed by atoms with E-state index < -0.39 is 24.1 Å². The first kappa shape index (κ1) is 48.5. The molecule has 0 aliphatic rings. The van der Waals surface area contributed by atoms with Gasteiger partial charge >= 0.3 is 12.1 Å². The maximum Gasteiger partial charge on any atom is 0.407 e. The van der Waals surface area contributed by atoms with Crippen molar-refractivity contribution in [2.24, 2.45) is 11.8 Å². The van der Waals surface area contributed by atoms with Gasteiger partial charge in [-0.2, -0.15) is 0 Å². The van der Waals surface area contributed by atoms with Crippen molar-refractivity contribution < 1.29 is 38.5 Å². The molecule has 0 fully saturated rings. The molecule has 0 radical (unpaired) electrons. The molecular weight excluding hydrogens is 783 g/mol. The number of rotatable bonds is 29. The summed E-state index contributed by atoms with van der Waals surface area (Å²) in [5, 5.41) is 18.9. The molecule has 4 aromatic rings. The predicted octanol–water partition coefficient (Wildman–Crippen LogP) is 8.21. The van der Waals surface area contributed by atoms with Crippen LogP contribution in [0.15, 0.2) is 141 Å². The van der Waals surface area contributed by atoms with Gasteiger partial charge in [-0.05, 0) is 92.2 Å². The van der Waals surface area contributed by atoms with Crippen molar-refractivity contribution in [1.82, 2.24) is 16.0 Å². The van der Waals surface area contributed by atoms with Gasteiger partial charge in [-0.15, -0.1) is 13.2 Å². The Bertz CT molecular complexity index is 1930. The van der Waals surface area contributed by atoms with Gasteiger partial charge in [0.25, 0.3) is 0 Å². The third kappa shape index (κ3) is 19.0. The van der Waals surface area contributed by atoms with E-state index in [2.05, 4.69) is 29.1 Å². The highest BCUT2D eigenvalue weighted by Gasteiger charge is 2.27. The number of carbonyl (C=O) groups excluding carboxylic acids is 4. The van der Waals surface area contributed by atoms with Crippen molar-refractivity contribution in [2.45, 2.75) is 89.5 Å². The fourth-order valence-corrected chi connectivity index (χ4v) is 6.91. The summed E-state index contributed by atoms with van der Waals surface area (Å²) in [4.78, 5) is 53.1. The van der Waals surface area contributed by atoms with E-state index in [0.717, 1.165) is 35.1 Å². The highest BCUT2D eigenvalue weighted by molar-refractivity contribution is 5.86. The molecule has 330 valence electrons. The number of hydrogen-bond acceptors (Lipinski definition) is 8. The average molecular weight is 846 g/mol. The Morgan fingerprint density at radius 1 is 0.629 bits per heavy atom. The number of hydrogen-bond donors (Lipinski definition) is 4. The Balaban J connectivity index is 1.33. The maximum absolute atomic E-state index is 13.8. The van der Waals surface area contributed by atoms with Crippen molar-refractivity contribution in [2.75, 3.05) is 19.8 Å². The number of aliphatic hydroxyl groups is 1. The molecule has 0 bridgehead atoms. The van der Waals surface area contributed by atoms with Crippen molar-refractivity contribution in [3.8, 4) is 5.75 Å². The first-order valence-corrected chi connectivity index (χ1v) is 21.6. The Labute approximate surface area is 367 Å². The molecule has 0 aromatic heterocycles. The normalized spacial score (nSPS) is 12.7. The molecule has 11 nitrogen and oxygen atoms in total. The lowest BCUT2D eigenvalue weighted by molar-refractivity contribution is -0.150. The SMILES string of the molecule is C=CCCC[C@H](Cc1ccccc1)C(=O)OC[C@H](CCCCNC(=O)OCc1ccccc1)NC(=O)[C@H](CC=C)CC(=O)N[C@H](CO)Cc1ccc(OCc2ccccc2)cc1. The highest BCUT2D eigenvalue weighted by Crippen LogP contribution is 2.20. The summed E-state index contributed by atoms with van der Waals surface area (Å²) in [6.07, 6.45) is 7.74. The highest BCUT2D eigenvalue weighted by atomic mass is 16.5. The number of ether oxygens (including phenoxy) is 3. The lowest BCUT2D eigenvalue weighted by Crippen LogP contribution is -2.45. The van der Waals surface area contributed by atoms with E-state index in [9.17, 15) is 24.3 Å². The Morgan fingerprint density at radius 3 is 1.89 bits per heavy atom. The van der Waals surface area contributed by atoms with E-state index in [1.165, 1.54) is 0 Å². The number of aliphatic hydroxyl groups excluding tert-OH is 1. The van der Waals surface area contributed by atoms with Crippen molar-refractivity contribution in [1.29, 1.82) is 0 Å². The lowest BCUT2D eigenvalue weighted by atomic mass is 9.94. The minimum Gasteiger partial charge on any atom is -0.489 e. The summed E-state index contributed by atoms with van der Waals surface area (Å²) in [7, 11) is 0. The summed E-state index contributed by atoms with van der Waals surface area (Å²) in [5.41, 5.74) is 3.88. The number of carbonyl (C=O) groups is 4. The van der Waals surface area contributed by atoms with Gasteiger partial charge in [-0.3, -0.25) is 14.4 Å². The summed E-state index contributed by atoms with van der Waals surface area (Å²) in [5.74, 6) is -1.52. The first-order chi connectivity index (χ1) is 30.3. The maximum atomic E-state index is 13.8. The van der Waals surface area contributed by atoms with Crippen molar-refractivity contribution >= 4 is 23.9 Å². The minimum absolute atomic E-state index is 0.0560. The molecule has 4 atom stereocenters. The van der Waals surface area contributed by atoms with Crippen LogP contribution in [0.2, 0.25) is 0 Å². The fourth-order valence-electron chi connectivity index (χ4n) is 6.91. The smallest absolute Gasteiger partial charge is 0.407 e. The third-order valence-electron chi connectivity index (χ3n) is 10.3. The number of esters is 1. The molecule has 62 heavy (non-hydrogen) atoms. The topological polar surface area (TPSA) is 152 Å². The Morgan fingerprint density at radius 2 is 1.26 bits per heavy atom. The number of benzene rings is 4. The van der Waals surface area contributed by atoms with E-state index in [1.807, 2.05) is 121 Å². The molecule has 4 N–H and O–H groups in total. The predicted molar refractivity (Wildman–Crippen MR) is 242 cm³/mol. The molecule has 0 heterocycles. The number of allylic oxidation sites excluding steroid dienone is 2. The van der Waals surface area contributed by atoms with Gasteiger partial charge in [0.1, 0.15) is 25.6 Å². The van der Waals surface area contributed by atoms with Crippen LogP contribution in [0.1, 0.15) is 73.6 Å². The van der Waals surface area contributed by atoms with Crippen molar-refractivity contribution in [3.05, 3.63) is 163 Å². The summed E-state index contributed by atoms with van der Waals surface area (Å²) >= 11 is 0. The second kappa shape index (κ2) is 28.3. The van der Waals surface area contributed by atoms with Crippen LogP contribution in [0.4, 0.5) is 4.79 Å². The molecule has 11 heteroatoms. The zero-order chi connectivity index (χ0) is 44.2. The zero-order valence-electron chi connectivity index (χ0n) is 35.8. The van der Waals surface area contributed by atoms with E-state index in [4.69, 9.17) is 14.2 Å². The minimum atomic E-state index is -0.753. The Hall–Kier alpha value is -6.20. The molecule has 0 unspecified atom stereocenters. The van der Waals surface area contributed by atoms with Gasteiger partial charge in [-0.1, -0.05) is 115 Å². The van der Waals surface area contributed by atoms with Crippen LogP contribution < -0.4 is 20.7 Å². The van der Waals surface area contributed by atoms with Crippen LogP contribution >= 0.6 is 0 Å². The summed E-state index contributed by atoms with van der Waals surface area (Å²) in [6, 6.07) is 35.5. The second-order valence-corrected chi connectivity index (χ2v) is 15.4. The number of nitrogens with one attached hydrogen (secondary N) is 3. The van der Waals surface area contributed by atoms with E-state index in [1.54, 1.807) is 6.08 Å². The number of unbranched alkanes of at least 4 members (excludes halogenated alkanes) is 2. The molecule has 0 spiro atoms. The molecule has 0 aliphatic carbocycles. The third-order valence-corrected chi connectivity index (χ3v) is 10.3. The summed E-state index contributed by atoms with van der Waals surface area (Å²) in [6.45, 7) is 8.24. The first-order valence-electron chi connectivity index (χ1n) is 21.6. The van der Waals surface area contributed by atoms with Crippen LogP contribution in [0, 0.1) is 11.8 Å². The van der Waals surface area contributed by atoms with Crippen LogP contribution in [0.5, 0.6) is 5.75 Å². The molecule has 4 rings (SSSR count). The molecule has 3 amide bonds. The number of alkyl carbamates (subject to hydrolysis) is 1. The fraction of sp³-hybridized carbons (Fsp3) is 0.373. The molecular formula is C51H63N3O8. The number of amides is 3. The van der Waals surface area contributed by atoms with Gasteiger partial charge in [0.15, 0.2) is 0 Å². The molecule has 0 saturated carbocycles. The zero-order valence-corrected chi connectivity index (χ0v) is 35.8. The van der Waals surface area contributed by atoms with Gasteiger partial charge in [0.2, 0.25) is 11.8 Å². The van der Waals surface area contributed by atoms with Gasteiger partial charge in [0, 0.05) is 13.0 Å². The van der Waals surface area contributed by atoms with Crippen LogP contribution in [-0.4, -0.2) is 60.8 Å². The van der Waals surface area contributed by atoms with Crippen LogP contribution in [0.25, 0.3) is 0 Å². The van der Waals surface area contributed by atoms with Crippen molar-refractivity contribution in [3.63, 3.8) is 0 Å². The van der Waals surface area contributed by atoms with Gasteiger partial charge in [-0.25, -0.2) is 4.79 Å². The second-order valence-electron chi connectivity index (χ2n) is 15.4. The van der Waals surface area contributed by atoms with Crippen LogP contribution in [-0.2, 0) is 49.9 Å². The van der Waals surface area contributed by atoms with E-state index >= 15 is 0 Å². The molecule has 0 saturated heterocycles. The quantitative estimate of drug-likeness (QED) is 0.0243. The largest absolute Gasteiger partial charge is 0.489 e. The van der Waals surface area contributed by atoms with E-state index in [-0.39, 0.29) is 56.4 Å². The lowest BCUT2D eigenvalue weighted by Gasteiger charge is -2.24. The Kier molecular flexibility index (Phi) is 22.2.